The number of hydrogen-bond donors (Lipinski definition) is 0. The number of nitrogens with zero attached hydrogens (tertiary/aromatic N) is 5. The minimum Gasteiger partial charge on any atom is -0.239 e. The molecule has 5 heteroatoms. The Morgan fingerprint density at radius 2 is 2.00 bits per heavy atom. The quantitative estimate of drug-likeness (QED) is 0.601. The highest BCUT2D eigenvalue weighted by atomic mass is 14.9. The van der Waals surface area contributed by atoms with Gasteiger partial charge in [0.1, 0.15) is 23.5 Å². The molecule has 0 aliphatic heterocycles. The van der Waals surface area contributed by atoms with Gasteiger partial charge in [-0.05, 0) is 0 Å². The molecule has 13 heavy (non-hydrogen) atoms. The summed E-state index contributed by atoms with van der Waals surface area (Å²) in [4.78, 5) is 7.48. The van der Waals surface area contributed by atoms with Crippen LogP contribution in [0.1, 0.15) is 17.1 Å². The summed E-state index contributed by atoms with van der Waals surface area (Å²) in [7, 11) is 0. The predicted octanol–water partition coefficient (Wildman–Crippen LogP) is 0.286. The fraction of sp³-hybridized carbons (Fsp3) is 0.125. The molecule has 0 aliphatic carbocycles. The Kier molecular flexibility index (Phi) is 2.53. The van der Waals surface area contributed by atoms with E-state index < -0.39 is 0 Å². The van der Waals surface area contributed by atoms with Crippen molar-refractivity contribution in [1.82, 2.24) is 9.97 Å². The second-order valence-corrected chi connectivity index (χ2v) is 2.11. The maximum absolute atomic E-state index is 8.57. The molecule has 1 rings (SSSR count). The maximum atomic E-state index is 8.57. The zero-order valence-corrected chi connectivity index (χ0v) is 6.52. The van der Waals surface area contributed by atoms with E-state index in [0.717, 1.165) is 0 Å². The molecular formula is C8H3N5. The Bertz CT molecular complexity index is 443. The van der Waals surface area contributed by atoms with Gasteiger partial charge in [0.25, 0.3) is 0 Å². The average molecular weight is 169 g/mol. The molecule has 0 aliphatic rings. The van der Waals surface area contributed by atoms with Crippen molar-refractivity contribution in [2.24, 2.45) is 0 Å². The summed E-state index contributed by atoms with van der Waals surface area (Å²) in [5.74, 6) is 0.262. The van der Waals surface area contributed by atoms with E-state index in [9.17, 15) is 0 Å². The third-order valence-electron chi connectivity index (χ3n) is 1.30. The normalized spacial score (nSPS) is 8.08. The molecule has 1 aromatic heterocycles. The standard InChI is InChI=1S/C8H3N5/c9-2-1-8-12-5-6(3-10)7(4-11)13-8/h5H,1H2. The van der Waals surface area contributed by atoms with Crippen LogP contribution in [0.3, 0.4) is 0 Å². The summed E-state index contributed by atoms with van der Waals surface area (Å²) >= 11 is 0. The SMILES string of the molecule is N#CCc1ncc(C#N)c(C#N)n1. The number of aromatic nitrogens is 2. The van der Waals surface area contributed by atoms with Crippen molar-refractivity contribution >= 4 is 0 Å². The van der Waals surface area contributed by atoms with Gasteiger partial charge in [0, 0.05) is 6.20 Å². The molecule has 0 atom stereocenters. The second-order valence-electron chi connectivity index (χ2n) is 2.11. The van der Waals surface area contributed by atoms with Gasteiger partial charge in [-0.2, -0.15) is 15.8 Å². The van der Waals surface area contributed by atoms with Crippen LogP contribution in [-0.4, -0.2) is 9.97 Å². The molecule has 0 aromatic carbocycles. The third-order valence-corrected chi connectivity index (χ3v) is 1.30. The van der Waals surface area contributed by atoms with Gasteiger partial charge in [0.05, 0.1) is 12.5 Å². The fourth-order valence-corrected chi connectivity index (χ4v) is 0.741. The first-order valence-corrected chi connectivity index (χ1v) is 3.35. The van der Waals surface area contributed by atoms with E-state index in [0.29, 0.717) is 0 Å². The number of rotatable bonds is 1. The summed E-state index contributed by atoms with van der Waals surface area (Å²) in [5, 5.41) is 25.4. The highest BCUT2D eigenvalue weighted by molar-refractivity contribution is 5.38. The Hall–Kier alpha value is -2.45. The van der Waals surface area contributed by atoms with Gasteiger partial charge < -0.3 is 0 Å². The molecule has 0 fully saturated rings. The first kappa shape index (κ1) is 8.64. The van der Waals surface area contributed by atoms with Crippen molar-refractivity contribution in [2.75, 3.05) is 0 Å². The topological polar surface area (TPSA) is 97.1 Å². The summed E-state index contributed by atoms with van der Waals surface area (Å²) in [6, 6.07) is 5.40. The molecule has 0 unspecified atom stereocenters. The minimum absolute atomic E-state index is 0.0164. The lowest BCUT2D eigenvalue weighted by molar-refractivity contribution is 0.975. The molecule has 0 spiro atoms. The van der Waals surface area contributed by atoms with Crippen molar-refractivity contribution < 1.29 is 0 Å². The van der Waals surface area contributed by atoms with Gasteiger partial charge in [0.2, 0.25) is 0 Å². The minimum atomic E-state index is 0.0164. The Balaban J connectivity index is 3.19. The molecule has 1 aromatic rings. The molecule has 0 bridgehead atoms. The van der Waals surface area contributed by atoms with E-state index in [1.165, 1.54) is 6.20 Å². The number of hydrogen-bond acceptors (Lipinski definition) is 5. The van der Waals surface area contributed by atoms with Crippen molar-refractivity contribution in [3.05, 3.63) is 23.3 Å². The lowest BCUT2D eigenvalue weighted by Crippen LogP contribution is -1.98. The van der Waals surface area contributed by atoms with Crippen LogP contribution in [0.2, 0.25) is 0 Å². The summed E-state index contributed by atoms with van der Waals surface area (Å²) in [6.45, 7) is 0. The van der Waals surface area contributed by atoms with Gasteiger partial charge in [-0.1, -0.05) is 0 Å². The summed E-state index contributed by atoms with van der Waals surface area (Å²) < 4.78 is 0. The van der Waals surface area contributed by atoms with E-state index in [4.69, 9.17) is 15.8 Å². The van der Waals surface area contributed by atoms with Crippen molar-refractivity contribution in [3.63, 3.8) is 0 Å². The van der Waals surface area contributed by atoms with Crippen LogP contribution < -0.4 is 0 Å². The molecule has 0 radical (unpaired) electrons. The van der Waals surface area contributed by atoms with E-state index in [1.54, 1.807) is 12.1 Å². The lowest BCUT2D eigenvalue weighted by atomic mass is 10.2. The van der Waals surface area contributed by atoms with Crippen LogP contribution in [0, 0.1) is 34.0 Å². The van der Waals surface area contributed by atoms with Crippen LogP contribution in [0.5, 0.6) is 0 Å². The Labute approximate surface area is 74.5 Å². The Morgan fingerprint density at radius 1 is 1.23 bits per heavy atom. The fourth-order valence-electron chi connectivity index (χ4n) is 0.741. The second kappa shape index (κ2) is 3.80. The molecular weight excluding hydrogens is 166 g/mol. The van der Waals surface area contributed by atoms with Crippen molar-refractivity contribution in [3.8, 4) is 18.2 Å². The van der Waals surface area contributed by atoms with E-state index in [-0.39, 0.29) is 23.5 Å². The molecule has 0 saturated heterocycles. The average Bonchev–Trinajstić information content (AvgIpc) is 2.18. The van der Waals surface area contributed by atoms with Gasteiger partial charge in [0.15, 0.2) is 5.69 Å². The largest absolute Gasteiger partial charge is 0.239 e. The molecule has 1 heterocycles. The van der Waals surface area contributed by atoms with Crippen LogP contribution in [0.4, 0.5) is 0 Å². The monoisotopic (exact) mass is 169 g/mol. The van der Waals surface area contributed by atoms with E-state index >= 15 is 0 Å². The first-order chi connectivity index (χ1) is 6.31. The zero-order valence-electron chi connectivity index (χ0n) is 6.52. The van der Waals surface area contributed by atoms with Crippen LogP contribution in [0.15, 0.2) is 6.20 Å². The van der Waals surface area contributed by atoms with Gasteiger partial charge >= 0.3 is 0 Å². The van der Waals surface area contributed by atoms with Crippen LogP contribution in [-0.2, 0) is 6.42 Å². The van der Waals surface area contributed by atoms with Crippen molar-refractivity contribution in [1.29, 1.82) is 15.8 Å². The predicted molar refractivity (Wildman–Crippen MR) is 40.8 cm³/mol. The third kappa shape index (κ3) is 1.77. The van der Waals surface area contributed by atoms with E-state index in [2.05, 4.69) is 9.97 Å². The van der Waals surface area contributed by atoms with Gasteiger partial charge in [-0.25, -0.2) is 9.97 Å². The van der Waals surface area contributed by atoms with Crippen molar-refractivity contribution in [2.45, 2.75) is 6.42 Å². The molecule has 0 N–H and O–H groups in total. The highest BCUT2D eigenvalue weighted by Gasteiger charge is 2.04. The highest BCUT2D eigenvalue weighted by Crippen LogP contribution is 2.02. The smallest absolute Gasteiger partial charge is 0.161 e. The molecule has 0 amide bonds. The number of nitriles is 3. The van der Waals surface area contributed by atoms with Crippen LogP contribution in [0.25, 0.3) is 0 Å². The molecule has 0 saturated carbocycles. The van der Waals surface area contributed by atoms with Crippen LogP contribution >= 0.6 is 0 Å². The van der Waals surface area contributed by atoms with Gasteiger partial charge in [-0.15, -0.1) is 0 Å². The molecule has 60 valence electrons. The lowest BCUT2D eigenvalue weighted by Gasteiger charge is -1.94. The Morgan fingerprint density at radius 3 is 2.54 bits per heavy atom. The summed E-state index contributed by atoms with van der Waals surface area (Å²) in [5.41, 5.74) is 0.145. The van der Waals surface area contributed by atoms with E-state index in [1.807, 2.05) is 6.07 Å². The first-order valence-electron chi connectivity index (χ1n) is 3.35. The maximum Gasteiger partial charge on any atom is 0.161 e. The summed E-state index contributed by atoms with van der Waals surface area (Å²) in [6.07, 6.45) is 1.29. The molecule has 5 nitrogen and oxygen atoms in total. The zero-order chi connectivity index (χ0) is 9.68. The van der Waals surface area contributed by atoms with Gasteiger partial charge in [-0.3, -0.25) is 0 Å².